The molecule has 204 valence electrons. The fraction of sp³-hybridized carbons (Fsp3) is 0.333. The van der Waals surface area contributed by atoms with Gasteiger partial charge in [-0.25, -0.2) is 4.98 Å². The van der Waals surface area contributed by atoms with Gasteiger partial charge in [0.2, 0.25) is 0 Å². The molecule has 0 aliphatic carbocycles. The second-order valence-electron chi connectivity index (χ2n) is 10.0. The summed E-state index contributed by atoms with van der Waals surface area (Å²) in [7, 11) is 3.57. The summed E-state index contributed by atoms with van der Waals surface area (Å²) in [5.74, 6) is 0.811. The Morgan fingerprint density at radius 3 is 2.36 bits per heavy atom. The molecule has 2 aromatic heterocycles. The van der Waals surface area contributed by atoms with Crippen molar-refractivity contribution in [1.29, 1.82) is 0 Å². The van der Waals surface area contributed by atoms with Crippen LogP contribution in [0.15, 0.2) is 83.8 Å². The number of nitrogens with one attached hydrogen (secondary N) is 1. The van der Waals surface area contributed by atoms with Crippen LogP contribution in [0.5, 0.6) is 0 Å². The molecular weight excluding hydrogens is 484 g/mol. The highest BCUT2D eigenvalue weighted by molar-refractivity contribution is 5.84. The van der Waals surface area contributed by atoms with E-state index in [4.69, 9.17) is 0 Å². The van der Waals surface area contributed by atoms with Gasteiger partial charge in [0.25, 0.3) is 5.56 Å². The highest BCUT2D eigenvalue weighted by Crippen LogP contribution is 2.35. The molecule has 0 spiro atoms. The lowest BCUT2D eigenvalue weighted by atomic mass is 9.97. The molecule has 4 aromatic rings. The highest BCUT2D eigenvalue weighted by Gasteiger charge is 2.22. The van der Waals surface area contributed by atoms with Crippen molar-refractivity contribution in [3.63, 3.8) is 0 Å². The van der Waals surface area contributed by atoms with Crippen LogP contribution >= 0.6 is 0 Å². The van der Waals surface area contributed by atoms with Crippen molar-refractivity contribution in [1.82, 2.24) is 9.55 Å². The largest absolute Gasteiger partial charge is 0.385 e. The molecule has 3 heterocycles. The van der Waals surface area contributed by atoms with Gasteiger partial charge in [0.15, 0.2) is 0 Å². The van der Waals surface area contributed by atoms with Crippen LogP contribution in [-0.4, -0.2) is 36.4 Å². The predicted octanol–water partition coefficient (Wildman–Crippen LogP) is 6.85. The number of pyridine rings is 2. The van der Waals surface area contributed by atoms with Gasteiger partial charge < -0.3 is 19.5 Å². The number of hydrogen-bond acceptors (Lipinski definition) is 5. The van der Waals surface area contributed by atoms with Crippen molar-refractivity contribution >= 4 is 11.5 Å². The van der Waals surface area contributed by atoms with Gasteiger partial charge in [0, 0.05) is 51.7 Å². The minimum Gasteiger partial charge on any atom is -0.385 e. The molecule has 2 aromatic carbocycles. The monoisotopic (exact) mass is 524 g/mol. The number of anilines is 2. The third-order valence-electron chi connectivity index (χ3n) is 7.16. The number of methoxy groups -OCH3 is 1. The molecule has 6 heteroatoms. The summed E-state index contributed by atoms with van der Waals surface area (Å²) in [5, 5.41) is 3.54. The van der Waals surface area contributed by atoms with Gasteiger partial charge in [-0.05, 0) is 74.6 Å². The van der Waals surface area contributed by atoms with E-state index in [2.05, 4.69) is 88.4 Å². The summed E-state index contributed by atoms with van der Waals surface area (Å²) in [6.07, 6.45) is 4.09. The van der Waals surface area contributed by atoms with E-state index in [1.165, 1.54) is 11.1 Å². The second-order valence-corrected chi connectivity index (χ2v) is 10.0. The van der Waals surface area contributed by atoms with Gasteiger partial charge in [0.05, 0.1) is 5.69 Å². The highest BCUT2D eigenvalue weighted by atomic mass is 16.5. The van der Waals surface area contributed by atoms with Crippen molar-refractivity contribution in [3.8, 4) is 22.4 Å². The van der Waals surface area contributed by atoms with E-state index < -0.39 is 0 Å². The molecule has 1 fully saturated rings. The Bertz CT molecular complexity index is 1420. The predicted molar refractivity (Wildman–Crippen MR) is 163 cm³/mol. The van der Waals surface area contributed by atoms with Crippen LogP contribution in [-0.2, 0) is 11.8 Å². The average Bonchev–Trinajstić information content (AvgIpc) is 3.50. The summed E-state index contributed by atoms with van der Waals surface area (Å²) in [6, 6.07) is 25.1. The third-order valence-corrected chi connectivity index (χ3v) is 7.16. The van der Waals surface area contributed by atoms with Crippen LogP contribution in [0.2, 0.25) is 0 Å². The Labute approximate surface area is 232 Å². The van der Waals surface area contributed by atoms with Crippen LogP contribution in [0.4, 0.5) is 11.5 Å². The molecule has 5 rings (SSSR count). The number of rotatable bonds is 7. The smallest absolute Gasteiger partial charge is 0.274 e. The molecule has 39 heavy (non-hydrogen) atoms. The number of ether oxygens (including phenoxy) is 1. The lowest BCUT2D eigenvalue weighted by Crippen LogP contribution is -2.30. The average molecular weight is 525 g/mol. The van der Waals surface area contributed by atoms with E-state index in [1.807, 2.05) is 42.9 Å². The van der Waals surface area contributed by atoms with Gasteiger partial charge in [-0.1, -0.05) is 54.1 Å². The first-order valence-electron chi connectivity index (χ1n) is 13.8. The fourth-order valence-electron chi connectivity index (χ4n) is 4.99. The number of aryl methyl sites for hydroxylation is 1. The van der Waals surface area contributed by atoms with Gasteiger partial charge in [-0.3, -0.25) is 4.79 Å². The first-order chi connectivity index (χ1) is 18.9. The molecule has 1 N–H and O–H groups in total. The maximum atomic E-state index is 13.5. The number of benzene rings is 2. The molecule has 1 atom stereocenters. The summed E-state index contributed by atoms with van der Waals surface area (Å²) in [5.41, 5.74) is 7.24. The summed E-state index contributed by atoms with van der Waals surface area (Å²) < 4.78 is 6.36. The Morgan fingerprint density at radius 1 is 0.974 bits per heavy atom. The molecule has 1 saturated heterocycles. The molecule has 1 aliphatic heterocycles. The van der Waals surface area contributed by atoms with Crippen LogP contribution in [0.1, 0.15) is 43.9 Å². The van der Waals surface area contributed by atoms with E-state index in [9.17, 15) is 4.79 Å². The number of nitrogens with zero attached hydrogens (tertiary/aromatic N) is 3. The molecule has 0 bridgehead atoms. The molecule has 0 saturated carbocycles. The molecule has 0 amide bonds. The van der Waals surface area contributed by atoms with E-state index in [0.717, 1.165) is 66.4 Å². The first kappa shape index (κ1) is 28.1. The topological polar surface area (TPSA) is 59.4 Å². The Balaban J connectivity index is 0.000000826. The van der Waals surface area contributed by atoms with Crippen molar-refractivity contribution in [2.75, 3.05) is 37.0 Å². The zero-order valence-electron chi connectivity index (χ0n) is 23.8. The Hall–Kier alpha value is -3.90. The van der Waals surface area contributed by atoms with E-state index in [0.29, 0.717) is 0 Å². The van der Waals surface area contributed by atoms with Crippen molar-refractivity contribution < 1.29 is 4.74 Å². The normalized spacial score (nSPS) is 13.5. The summed E-state index contributed by atoms with van der Waals surface area (Å²) >= 11 is 0. The third kappa shape index (κ3) is 6.76. The van der Waals surface area contributed by atoms with Crippen molar-refractivity contribution in [2.24, 2.45) is 7.05 Å². The maximum Gasteiger partial charge on any atom is 0.274 e. The molecule has 6 nitrogen and oxygen atoms in total. The zero-order valence-corrected chi connectivity index (χ0v) is 23.8. The van der Waals surface area contributed by atoms with Gasteiger partial charge in [0.1, 0.15) is 11.5 Å². The van der Waals surface area contributed by atoms with Crippen molar-refractivity contribution in [3.05, 3.63) is 100 Å². The molecule has 0 radical (unpaired) electrons. The Morgan fingerprint density at radius 2 is 1.69 bits per heavy atom. The zero-order chi connectivity index (χ0) is 27.8. The fourth-order valence-corrected chi connectivity index (χ4v) is 4.99. The minimum atomic E-state index is 0.0530. The van der Waals surface area contributed by atoms with Crippen LogP contribution in [0.25, 0.3) is 22.4 Å². The SMILES string of the molecule is CCOC.Cc1cccc(-c2c(-c3ccnc(NC(C)c4ccccc4)c3)cc(N3CCCC3)c(=O)n2C)c1. The minimum absolute atomic E-state index is 0.0530. The lowest BCUT2D eigenvalue weighted by molar-refractivity contribution is 0.215. The number of aromatic nitrogens is 2. The van der Waals surface area contributed by atoms with Crippen molar-refractivity contribution in [2.45, 2.75) is 39.7 Å². The van der Waals surface area contributed by atoms with Gasteiger partial charge in [-0.2, -0.15) is 0 Å². The molecule has 1 unspecified atom stereocenters. The summed E-state index contributed by atoms with van der Waals surface area (Å²) in [6.45, 7) is 8.85. The van der Waals surface area contributed by atoms with E-state index in [1.54, 1.807) is 7.11 Å². The summed E-state index contributed by atoms with van der Waals surface area (Å²) in [4.78, 5) is 20.3. The number of hydrogen-bond donors (Lipinski definition) is 1. The van der Waals surface area contributed by atoms with Gasteiger partial charge in [-0.15, -0.1) is 0 Å². The second kappa shape index (κ2) is 13.3. The lowest BCUT2D eigenvalue weighted by Gasteiger charge is -2.23. The first-order valence-corrected chi connectivity index (χ1v) is 13.8. The molecular formula is C33H40N4O2. The quantitative estimate of drug-likeness (QED) is 0.287. The van der Waals surface area contributed by atoms with E-state index >= 15 is 0 Å². The Kier molecular flexibility index (Phi) is 9.55. The van der Waals surface area contributed by atoms with Crippen LogP contribution < -0.4 is 15.8 Å². The van der Waals surface area contributed by atoms with E-state index in [-0.39, 0.29) is 11.6 Å². The molecule has 1 aliphatic rings. The maximum absolute atomic E-state index is 13.5. The van der Waals surface area contributed by atoms with Gasteiger partial charge >= 0.3 is 0 Å². The standard InChI is InChI=1S/C30H32N4O.C3H8O/c1-21-10-9-13-25(18-21)29-26(20-27(30(35)33(29)3)34-16-7-8-17-34)24-14-15-31-28(19-24)32-22(2)23-11-5-4-6-12-23;1-3-4-2/h4-6,9-15,18-20,22H,7-8,16-17H2,1-3H3,(H,31,32);3H2,1-2H3. The van der Waals surface area contributed by atoms with Crippen LogP contribution in [0.3, 0.4) is 0 Å². The van der Waals surface area contributed by atoms with Crippen LogP contribution in [0, 0.1) is 6.92 Å².